The quantitative estimate of drug-likeness (QED) is 0.0377. The van der Waals surface area contributed by atoms with Gasteiger partial charge in [0.05, 0.1) is 55.2 Å². The summed E-state index contributed by atoms with van der Waals surface area (Å²) in [5.41, 5.74) is 3.65. The van der Waals surface area contributed by atoms with Crippen LogP contribution in [0.4, 0.5) is 15.2 Å². The molecule has 2 aromatic heterocycles. The van der Waals surface area contributed by atoms with Gasteiger partial charge in [-0.25, -0.2) is 17.8 Å². The fourth-order valence-electron chi connectivity index (χ4n) is 10.5. The second kappa shape index (κ2) is 26.7. The van der Waals surface area contributed by atoms with E-state index >= 15 is 4.39 Å². The van der Waals surface area contributed by atoms with Crippen LogP contribution >= 0.6 is 11.3 Å². The molecular formula is C55H70FN9O9S2. The molecule has 2 aliphatic carbocycles. The second-order valence-electron chi connectivity index (χ2n) is 19.9. The number of nitrogens with one attached hydrogen (secondary N) is 5. The first-order valence-electron chi connectivity index (χ1n) is 26.3. The van der Waals surface area contributed by atoms with E-state index in [2.05, 4.69) is 40.9 Å². The van der Waals surface area contributed by atoms with E-state index in [1.807, 2.05) is 44.4 Å². The number of ether oxygens (including phenoxy) is 3. The molecule has 2 saturated carbocycles. The number of benzene rings is 3. The number of hydrogen-bond donors (Lipinski definition) is 5. The smallest absolute Gasteiger partial charge is 0.266 e. The third-order valence-electron chi connectivity index (χ3n) is 14.6. The van der Waals surface area contributed by atoms with Gasteiger partial charge in [0.15, 0.2) is 5.13 Å². The number of nitrogens with zero attached hydrogens (tertiary/aromatic N) is 4. The molecule has 5 N–H and O–H groups in total. The van der Waals surface area contributed by atoms with Gasteiger partial charge in [-0.1, -0.05) is 42.4 Å². The Morgan fingerprint density at radius 1 is 0.816 bits per heavy atom. The predicted molar refractivity (Wildman–Crippen MR) is 289 cm³/mol. The lowest BCUT2D eigenvalue weighted by Gasteiger charge is -2.37. The number of carbonyl (C=O) groups excluding carboxylic acids is 4. The van der Waals surface area contributed by atoms with Crippen molar-refractivity contribution in [3.63, 3.8) is 0 Å². The van der Waals surface area contributed by atoms with Crippen molar-refractivity contribution in [1.82, 2.24) is 35.7 Å². The fraction of sp³-hybridized carbons (Fsp3) is 0.491. The van der Waals surface area contributed by atoms with Gasteiger partial charge in [0.2, 0.25) is 17.7 Å². The van der Waals surface area contributed by atoms with Gasteiger partial charge in [0.1, 0.15) is 16.5 Å². The Morgan fingerprint density at radius 2 is 1.55 bits per heavy atom. The van der Waals surface area contributed by atoms with Gasteiger partial charge in [-0.05, 0) is 131 Å². The summed E-state index contributed by atoms with van der Waals surface area (Å²) in [7, 11) is 1.53. The van der Waals surface area contributed by atoms with Crippen LogP contribution in [0.1, 0.15) is 97.7 Å². The second-order valence-corrected chi connectivity index (χ2v) is 22.6. The van der Waals surface area contributed by atoms with Crippen LogP contribution in [0.3, 0.4) is 0 Å². The first kappa shape index (κ1) is 56.0. The number of halogens is 1. The number of rotatable bonds is 25. The number of fused-ring (bicyclic) bond motifs is 1. The van der Waals surface area contributed by atoms with E-state index in [9.17, 15) is 27.6 Å². The number of thiazole rings is 1. The van der Waals surface area contributed by atoms with Crippen molar-refractivity contribution in [2.45, 2.75) is 93.1 Å². The highest BCUT2D eigenvalue weighted by atomic mass is 32.2. The lowest BCUT2D eigenvalue weighted by atomic mass is 9.78. The summed E-state index contributed by atoms with van der Waals surface area (Å²) in [5, 5.41) is 12.3. The summed E-state index contributed by atoms with van der Waals surface area (Å²) in [5.74, 6) is -0.946. The van der Waals surface area contributed by atoms with Gasteiger partial charge in [0.25, 0.3) is 15.9 Å². The van der Waals surface area contributed by atoms with Crippen molar-refractivity contribution in [3.8, 4) is 5.75 Å². The van der Waals surface area contributed by atoms with E-state index in [1.165, 1.54) is 12.1 Å². The van der Waals surface area contributed by atoms with Crippen LogP contribution in [0.2, 0.25) is 0 Å². The molecule has 4 amide bonds. The Kier molecular flexibility index (Phi) is 19.6. The van der Waals surface area contributed by atoms with Crippen molar-refractivity contribution in [3.05, 3.63) is 108 Å². The largest absolute Gasteiger partial charge is 0.493 e. The predicted octanol–water partition coefficient (Wildman–Crippen LogP) is 6.87. The number of aromatic nitrogens is 2. The van der Waals surface area contributed by atoms with Crippen molar-refractivity contribution >= 4 is 66.0 Å². The Labute approximate surface area is 448 Å². The lowest BCUT2D eigenvalue weighted by molar-refractivity contribution is -0.128. The maximum absolute atomic E-state index is 15.3. The number of hydrogen-bond acceptors (Lipinski definition) is 14. The highest BCUT2D eigenvalue weighted by Gasteiger charge is 2.42. The molecule has 76 heavy (non-hydrogen) atoms. The molecule has 3 fully saturated rings. The zero-order valence-corrected chi connectivity index (χ0v) is 45.1. The minimum atomic E-state index is -4.25. The zero-order chi connectivity index (χ0) is 53.6. The molecule has 0 radical (unpaired) electrons. The number of pyridine rings is 1. The summed E-state index contributed by atoms with van der Waals surface area (Å²) < 4.78 is 62.2. The first-order chi connectivity index (χ1) is 36.7. The van der Waals surface area contributed by atoms with Gasteiger partial charge < -0.3 is 45.3 Å². The molecule has 0 spiro atoms. The normalized spacial score (nSPS) is 20.9. The van der Waals surface area contributed by atoms with E-state index in [0.29, 0.717) is 98.3 Å². The topological polar surface area (TPSA) is 223 Å². The molecule has 3 aromatic carbocycles. The number of likely N-dealkylation sites (N-methyl/N-ethyl adjacent to an activating group) is 1. The molecular weight excluding hydrogens is 1010 g/mol. The van der Waals surface area contributed by atoms with E-state index < -0.39 is 26.7 Å². The summed E-state index contributed by atoms with van der Waals surface area (Å²) in [6.07, 6.45) is 11.6. The summed E-state index contributed by atoms with van der Waals surface area (Å²) in [4.78, 5) is 63.0. The summed E-state index contributed by atoms with van der Waals surface area (Å²) in [6.45, 7) is 2.73. The first-order valence-corrected chi connectivity index (χ1v) is 28.6. The van der Waals surface area contributed by atoms with Crippen molar-refractivity contribution in [2.75, 3.05) is 83.9 Å². The van der Waals surface area contributed by atoms with Gasteiger partial charge in [0, 0.05) is 74.7 Å². The number of likely N-dealkylation sites (tertiary alicyclic amines) is 1. The van der Waals surface area contributed by atoms with Crippen molar-refractivity contribution in [2.24, 2.45) is 11.8 Å². The highest BCUT2D eigenvalue weighted by Crippen LogP contribution is 2.38. The monoisotopic (exact) mass is 1080 g/mol. The Balaban J connectivity index is 0.662. The molecule has 3 aliphatic rings. The fourth-order valence-corrected chi connectivity index (χ4v) is 12.7. The average molecular weight is 1080 g/mol. The Morgan fingerprint density at radius 3 is 2.28 bits per heavy atom. The summed E-state index contributed by atoms with van der Waals surface area (Å²) in [6, 6.07) is 20.8. The van der Waals surface area contributed by atoms with Gasteiger partial charge in [-0.15, -0.1) is 0 Å². The number of sulfonamides is 1. The molecule has 21 heteroatoms. The van der Waals surface area contributed by atoms with Gasteiger partial charge >= 0.3 is 0 Å². The Bertz CT molecular complexity index is 2870. The third kappa shape index (κ3) is 14.8. The van der Waals surface area contributed by atoms with Crippen LogP contribution in [-0.4, -0.2) is 138 Å². The zero-order valence-electron chi connectivity index (χ0n) is 43.4. The molecule has 18 nitrogen and oxygen atoms in total. The van der Waals surface area contributed by atoms with E-state index in [1.54, 1.807) is 54.7 Å². The van der Waals surface area contributed by atoms with Crippen molar-refractivity contribution in [1.29, 1.82) is 0 Å². The molecule has 3 heterocycles. The standard InChI is InChI=1S/C55H70FN9O9S2/c1-64(2)47-10-5-4-9-45(47)61-41-19-22-49(44(56)32-41)76(70,71)63-55-62-46-21-20-42(33-48(46)75-55)74-27-7-24-58-52(67)38-15-11-36(12-16-38)37-13-17-39(18-14-37)53(68)59-25-28-72-30-31-73-29-26-60-54(69)43-34-50(66)65(3)51(43)40-8-6-23-57-35-40/h6,8,13-14,17-23,32-33,35-36,38,43,45,47,51,61H,4-5,7,9-12,15-16,24-31,34H2,1-3H3,(H,58,67)(H,59,68)(H,60,69)(H,62,63)/t36?,38?,43-,45+,47+,51+/m0/s1. The van der Waals surface area contributed by atoms with Crippen LogP contribution in [0, 0.1) is 17.7 Å². The average Bonchev–Trinajstić information content (AvgIpc) is 3.98. The molecule has 0 unspecified atom stereocenters. The molecule has 1 saturated heterocycles. The molecule has 5 aromatic rings. The van der Waals surface area contributed by atoms with Gasteiger partial charge in [-0.3, -0.25) is 28.9 Å². The lowest BCUT2D eigenvalue weighted by Crippen LogP contribution is -2.45. The summed E-state index contributed by atoms with van der Waals surface area (Å²) >= 11 is 1.13. The third-order valence-corrected chi connectivity index (χ3v) is 17.0. The van der Waals surface area contributed by atoms with Crippen molar-refractivity contribution < 1.29 is 46.2 Å². The molecule has 1 aliphatic heterocycles. The van der Waals surface area contributed by atoms with Crippen LogP contribution in [0.25, 0.3) is 10.2 Å². The minimum absolute atomic E-state index is 0.0397. The number of amides is 4. The van der Waals surface area contributed by atoms with E-state index in [4.69, 9.17) is 14.2 Å². The highest BCUT2D eigenvalue weighted by molar-refractivity contribution is 7.93. The minimum Gasteiger partial charge on any atom is -0.493 e. The molecule has 0 bridgehead atoms. The molecule has 4 atom stereocenters. The van der Waals surface area contributed by atoms with Gasteiger partial charge in [-0.2, -0.15) is 0 Å². The van der Waals surface area contributed by atoms with Crippen LogP contribution < -0.4 is 30.7 Å². The Hall–Kier alpha value is -6.26. The number of carbonyl (C=O) groups is 4. The maximum Gasteiger partial charge on any atom is 0.266 e. The SMILES string of the molecule is CN(C)[C@@H]1CCCC[C@H]1Nc1ccc(S(=O)(=O)Nc2nc3ccc(OCCCNC(=O)C4CCC(c5ccc(C(=O)NCCOCCOCCNC(=O)[C@H]6CC(=O)N(C)[C@@H]6c6cccnc6)cc5)CC4)cc3s2)c(F)c1. The van der Waals surface area contributed by atoms with Crippen LogP contribution in [0.15, 0.2) is 90.1 Å². The molecule has 8 rings (SSSR count). The van der Waals surface area contributed by atoms with Crippen LogP contribution in [-0.2, 0) is 33.9 Å². The van der Waals surface area contributed by atoms with E-state index in [0.717, 1.165) is 73.8 Å². The van der Waals surface area contributed by atoms with Crippen LogP contribution in [0.5, 0.6) is 5.75 Å². The molecule has 408 valence electrons. The number of anilines is 2. The maximum atomic E-state index is 15.3. The van der Waals surface area contributed by atoms with E-state index in [-0.39, 0.29) is 53.2 Å².